The van der Waals surface area contributed by atoms with Crippen molar-refractivity contribution in [2.45, 2.75) is 25.1 Å². The highest BCUT2D eigenvalue weighted by molar-refractivity contribution is 9.10. The molecule has 158 valence electrons. The number of nitrogens with zero attached hydrogens (tertiary/aromatic N) is 1. The summed E-state index contributed by atoms with van der Waals surface area (Å²) >= 11 is 5.00. The molecule has 1 aliphatic rings. The number of rotatable bonds is 5. The fraction of sp³-hybridized carbons (Fsp3) is 0.200. The summed E-state index contributed by atoms with van der Waals surface area (Å²) in [6.07, 6.45) is 0. The summed E-state index contributed by atoms with van der Waals surface area (Å²) in [5.41, 5.74) is 4.28. The van der Waals surface area contributed by atoms with Crippen LogP contribution in [0.3, 0.4) is 0 Å². The number of halogens is 1. The van der Waals surface area contributed by atoms with Crippen molar-refractivity contribution in [1.82, 2.24) is 0 Å². The van der Waals surface area contributed by atoms with Crippen molar-refractivity contribution in [3.05, 3.63) is 94.0 Å². The first-order chi connectivity index (χ1) is 15.0. The molecule has 1 fully saturated rings. The van der Waals surface area contributed by atoms with Gasteiger partial charge in [-0.1, -0.05) is 72.2 Å². The Bertz CT molecular complexity index is 1130. The van der Waals surface area contributed by atoms with Gasteiger partial charge in [0, 0.05) is 27.0 Å². The minimum absolute atomic E-state index is 0.0798. The van der Waals surface area contributed by atoms with E-state index < -0.39 is 0 Å². The standard InChI is InChI=1S/C25H23BrN2O2S/c1-16(2)19-10-4-6-13-22(19)28-23(29)15-31-25(28)20-11-3-5-12-21(20)27-24(30)17-8-7-9-18(26)14-17/h3-14,16,25H,15H2,1-2H3,(H,27,30). The molecule has 3 aromatic rings. The minimum atomic E-state index is -0.202. The Kier molecular flexibility index (Phi) is 6.49. The molecule has 1 N–H and O–H groups in total. The summed E-state index contributed by atoms with van der Waals surface area (Å²) in [7, 11) is 0. The number of thioether (sulfide) groups is 1. The number of para-hydroxylation sites is 2. The summed E-state index contributed by atoms with van der Waals surface area (Å²) < 4.78 is 0.849. The molecule has 4 nitrogen and oxygen atoms in total. The Balaban J connectivity index is 1.70. The predicted octanol–water partition coefficient (Wildman–Crippen LogP) is 6.60. The lowest BCUT2D eigenvalue weighted by Gasteiger charge is -2.29. The van der Waals surface area contributed by atoms with Gasteiger partial charge in [-0.3, -0.25) is 14.5 Å². The molecule has 31 heavy (non-hydrogen) atoms. The molecule has 1 aliphatic heterocycles. The zero-order valence-corrected chi connectivity index (χ0v) is 19.7. The smallest absolute Gasteiger partial charge is 0.255 e. The van der Waals surface area contributed by atoms with Crippen LogP contribution in [-0.2, 0) is 4.79 Å². The number of hydrogen-bond acceptors (Lipinski definition) is 3. The van der Waals surface area contributed by atoms with E-state index in [1.807, 2.05) is 59.5 Å². The van der Waals surface area contributed by atoms with Gasteiger partial charge < -0.3 is 5.32 Å². The van der Waals surface area contributed by atoms with Crippen LogP contribution in [0.2, 0.25) is 0 Å². The Labute approximate surface area is 195 Å². The highest BCUT2D eigenvalue weighted by atomic mass is 79.9. The minimum Gasteiger partial charge on any atom is -0.322 e. The van der Waals surface area contributed by atoms with Crippen LogP contribution in [0.1, 0.15) is 46.6 Å². The molecule has 0 saturated carbocycles. The van der Waals surface area contributed by atoms with Crippen molar-refractivity contribution >= 4 is 50.9 Å². The zero-order valence-electron chi connectivity index (χ0n) is 17.3. The molecular formula is C25H23BrN2O2S. The normalized spacial score (nSPS) is 16.1. The van der Waals surface area contributed by atoms with E-state index in [9.17, 15) is 9.59 Å². The van der Waals surface area contributed by atoms with E-state index in [2.05, 4.69) is 41.2 Å². The van der Waals surface area contributed by atoms with Crippen molar-refractivity contribution in [3.63, 3.8) is 0 Å². The maximum atomic E-state index is 12.9. The molecule has 4 rings (SSSR count). The fourth-order valence-corrected chi connectivity index (χ4v) is 5.36. The second-order valence-corrected chi connectivity index (χ2v) is 9.68. The number of hydrogen-bond donors (Lipinski definition) is 1. The molecule has 1 unspecified atom stereocenters. The summed E-state index contributed by atoms with van der Waals surface area (Å²) in [4.78, 5) is 27.7. The third-order valence-corrected chi connectivity index (χ3v) is 6.94. The second-order valence-electron chi connectivity index (χ2n) is 7.69. The van der Waals surface area contributed by atoms with Crippen molar-refractivity contribution in [2.24, 2.45) is 0 Å². The number of carbonyl (C=O) groups excluding carboxylic acids is 2. The summed E-state index contributed by atoms with van der Waals surface area (Å²) in [6, 6.07) is 23.1. The number of benzene rings is 3. The molecule has 0 radical (unpaired) electrons. The number of amides is 2. The van der Waals surface area contributed by atoms with Gasteiger partial charge in [0.2, 0.25) is 5.91 Å². The number of anilines is 2. The maximum absolute atomic E-state index is 12.9. The Hall–Kier alpha value is -2.57. The lowest BCUT2D eigenvalue weighted by Crippen LogP contribution is -2.29. The fourth-order valence-electron chi connectivity index (χ4n) is 3.76. The van der Waals surface area contributed by atoms with Crippen LogP contribution in [0.4, 0.5) is 11.4 Å². The zero-order chi connectivity index (χ0) is 22.0. The molecule has 0 aromatic heterocycles. The first kappa shape index (κ1) is 21.7. The summed E-state index contributed by atoms with van der Waals surface area (Å²) in [5.74, 6) is 0.598. The molecule has 1 heterocycles. The third kappa shape index (κ3) is 4.55. The molecule has 1 atom stereocenters. The quantitative estimate of drug-likeness (QED) is 0.434. The lowest BCUT2D eigenvalue weighted by molar-refractivity contribution is -0.115. The van der Waals surface area contributed by atoms with Gasteiger partial charge in [0.25, 0.3) is 5.91 Å². The molecule has 2 amide bonds. The van der Waals surface area contributed by atoms with E-state index in [-0.39, 0.29) is 17.2 Å². The number of nitrogens with one attached hydrogen (secondary N) is 1. The van der Waals surface area contributed by atoms with E-state index in [4.69, 9.17) is 0 Å². The van der Waals surface area contributed by atoms with E-state index in [1.165, 1.54) is 0 Å². The van der Waals surface area contributed by atoms with Gasteiger partial charge in [-0.25, -0.2) is 0 Å². The first-order valence-electron chi connectivity index (χ1n) is 10.1. The van der Waals surface area contributed by atoms with E-state index in [0.29, 0.717) is 22.9 Å². The molecule has 3 aromatic carbocycles. The van der Waals surface area contributed by atoms with Crippen molar-refractivity contribution in [2.75, 3.05) is 16.0 Å². The molecular weight excluding hydrogens is 472 g/mol. The first-order valence-corrected chi connectivity index (χ1v) is 12.0. The van der Waals surface area contributed by atoms with Crippen LogP contribution in [-0.4, -0.2) is 17.6 Å². The van der Waals surface area contributed by atoms with E-state index in [0.717, 1.165) is 21.3 Å². The molecule has 0 spiro atoms. The Morgan fingerprint density at radius 3 is 2.58 bits per heavy atom. The largest absolute Gasteiger partial charge is 0.322 e. The highest BCUT2D eigenvalue weighted by Gasteiger charge is 2.36. The monoisotopic (exact) mass is 494 g/mol. The average Bonchev–Trinajstić information content (AvgIpc) is 3.15. The van der Waals surface area contributed by atoms with Crippen molar-refractivity contribution in [3.8, 4) is 0 Å². The molecule has 6 heteroatoms. The Morgan fingerprint density at radius 2 is 1.81 bits per heavy atom. The molecule has 0 aliphatic carbocycles. The van der Waals surface area contributed by atoms with Crippen LogP contribution in [0, 0.1) is 0 Å². The van der Waals surface area contributed by atoms with Crippen LogP contribution in [0.25, 0.3) is 0 Å². The van der Waals surface area contributed by atoms with Gasteiger partial charge in [0.15, 0.2) is 0 Å². The summed E-state index contributed by atoms with van der Waals surface area (Å²) in [6.45, 7) is 4.27. The maximum Gasteiger partial charge on any atom is 0.255 e. The second kappa shape index (κ2) is 9.28. The van der Waals surface area contributed by atoms with Crippen LogP contribution < -0.4 is 10.2 Å². The van der Waals surface area contributed by atoms with Gasteiger partial charge in [0.1, 0.15) is 5.37 Å². The van der Waals surface area contributed by atoms with Gasteiger partial charge in [-0.15, -0.1) is 11.8 Å². The van der Waals surface area contributed by atoms with Crippen molar-refractivity contribution < 1.29 is 9.59 Å². The van der Waals surface area contributed by atoms with E-state index in [1.54, 1.807) is 23.9 Å². The van der Waals surface area contributed by atoms with Crippen LogP contribution >= 0.6 is 27.7 Å². The topological polar surface area (TPSA) is 49.4 Å². The van der Waals surface area contributed by atoms with Crippen molar-refractivity contribution in [1.29, 1.82) is 0 Å². The summed E-state index contributed by atoms with van der Waals surface area (Å²) in [5, 5.41) is 2.84. The van der Waals surface area contributed by atoms with Gasteiger partial charge in [-0.05, 0) is 41.8 Å². The Morgan fingerprint density at radius 1 is 1.06 bits per heavy atom. The van der Waals surface area contributed by atoms with E-state index >= 15 is 0 Å². The SMILES string of the molecule is CC(C)c1ccccc1N1C(=O)CSC1c1ccccc1NC(=O)c1cccc(Br)c1. The molecule has 0 bridgehead atoms. The van der Waals surface area contributed by atoms with Gasteiger partial charge >= 0.3 is 0 Å². The lowest BCUT2D eigenvalue weighted by atomic mass is 10.00. The predicted molar refractivity (Wildman–Crippen MR) is 132 cm³/mol. The van der Waals surface area contributed by atoms with Gasteiger partial charge in [0.05, 0.1) is 5.75 Å². The average molecular weight is 495 g/mol. The molecule has 1 saturated heterocycles. The highest BCUT2D eigenvalue weighted by Crippen LogP contribution is 2.46. The van der Waals surface area contributed by atoms with Gasteiger partial charge in [-0.2, -0.15) is 0 Å². The van der Waals surface area contributed by atoms with Crippen LogP contribution in [0.5, 0.6) is 0 Å². The number of carbonyl (C=O) groups is 2. The third-order valence-electron chi connectivity index (χ3n) is 5.25. The van der Waals surface area contributed by atoms with Crippen LogP contribution in [0.15, 0.2) is 77.3 Å².